The Bertz CT molecular complexity index is 576. The molecular formula is C15H29N5O3S2. The molecule has 10 heteroatoms. The quantitative estimate of drug-likeness (QED) is 0.470. The molecule has 1 unspecified atom stereocenters. The van der Waals surface area contributed by atoms with Crippen molar-refractivity contribution in [3.8, 4) is 0 Å². The molecule has 2 aliphatic rings. The number of aliphatic imine (C=N–C) groups is 1. The predicted octanol–water partition coefficient (Wildman–Crippen LogP) is -0.459. The van der Waals surface area contributed by atoms with Crippen LogP contribution in [0.3, 0.4) is 0 Å². The van der Waals surface area contributed by atoms with E-state index in [9.17, 15) is 13.2 Å². The molecule has 2 fully saturated rings. The zero-order chi connectivity index (χ0) is 18.3. The van der Waals surface area contributed by atoms with Gasteiger partial charge in [0, 0.05) is 63.7 Å². The fourth-order valence-electron chi connectivity index (χ4n) is 2.97. The summed E-state index contributed by atoms with van der Waals surface area (Å²) in [5.41, 5.74) is 0. The van der Waals surface area contributed by atoms with Crippen molar-refractivity contribution in [3.05, 3.63) is 0 Å². The van der Waals surface area contributed by atoms with E-state index in [0.717, 1.165) is 24.5 Å². The molecule has 144 valence electrons. The van der Waals surface area contributed by atoms with Crippen LogP contribution < -0.4 is 10.6 Å². The summed E-state index contributed by atoms with van der Waals surface area (Å²) in [6.07, 6.45) is 1.39. The van der Waals surface area contributed by atoms with Gasteiger partial charge in [-0.15, -0.1) is 0 Å². The molecular weight excluding hydrogens is 362 g/mol. The molecule has 0 aliphatic carbocycles. The molecule has 0 aromatic carbocycles. The molecule has 2 rings (SSSR count). The first-order chi connectivity index (χ1) is 12.0. The van der Waals surface area contributed by atoms with Gasteiger partial charge in [-0.05, 0) is 6.42 Å². The summed E-state index contributed by atoms with van der Waals surface area (Å²) in [4.78, 5) is 17.7. The Balaban J connectivity index is 1.74. The van der Waals surface area contributed by atoms with Crippen molar-refractivity contribution in [2.75, 3.05) is 57.0 Å². The number of amides is 1. The van der Waals surface area contributed by atoms with Crippen LogP contribution in [0.25, 0.3) is 0 Å². The van der Waals surface area contributed by atoms with Crippen LogP contribution in [0.15, 0.2) is 4.99 Å². The summed E-state index contributed by atoms with van der Waals surface area (Å²) in [7, 11) is -1.55. The van der Waals surface area contributed by atoms with Gasteiger partial charge in [0.05, 0.1) is 5.75 Å². The molecule has 2 saturated heterocycles. The van der Waals surface area contributed by atoms with E-state index in [1.165, 1.54) is 0 Å². The van der Waals surface area contributed by atoms with E-state index in [-0.39, 0.29) is 17.7 Å². The highest BCUT2D eigenvalue weighted by Gasteiger charge is 2.26. The maximum absolute atomic E-state index is 12.3. The van der Waals surface area contributed by atoms with Crippen LogP contribution in [0.1, 0.15) is 19.8 Å². The number of hydrogen-bond acceptors (Lipinski definition) is 5. The van der Waals surface area contributed by atoms with E-state index < -0.39 is 10.0 Å². The molecule has 2 aliphatic heterocycles. The average Bonchev–Trinajstić information content (AvgIpc) is 3.09. The highest BCUT2D eigenvalue weighted by Crippen LogP contribution is 2.13. The summed E-state index contributed by atoms with van der Waals surface area (Å²) < 4.78 is 26.2. The van der Waals surface area contributed by atoms with Gasteiger partial charge in [-0.2, -0.15) is 11.8 Å². The molecule has 0 bridgehead atoms. The third-order valence-corrected chi connectivity index (χ3v) is 7.24. The van der Waals surface area contributed by atoms with Gasteiger partial charge in [0.25, 0.3) is 0 Å². The van der Waals surface area contributed by atoms with Crippen LogP contribution in [0.4, 0.5) is 0 Å². The Hall–Kier alpha value is -1.00. The second-order valence-electron chi connectivity index (χ2n) is 6.15. The molecule has 1 amide bonds. The Kier molecular flexibility index (Phi) is 7.82. The fraction of sp³-hybridized carbons (Fsp3) is 0.867. The normalized spacial score (nSPS) is 22.9. The van der Waals surface area contributed by atoms with Crippen LogP contribution in [0.2, 0.25) is 0 Å². The van der Waals surface area contributed by atoms with Crippen molar-refractivity contribution < 1.29 is 13.2 Å². The van der Waals surface area contributed by atoms with Crippen molar-refractivity contribution >= 4 is 33.7 Å². The number of sulfonamides is 1. The summed E-state index contributed by atoms with van der Waals surface area (Å²) in [6, 6.07) is 0.150. The number of nitrogens with zero attached hydrogens (tertiary/aromatic N) is 3. The first-order valence-corrected chi connectivity index (χ1v) is 11.5. The zero-order valence-electron chi connectivity index (χ0n) is 15.0. The summed E-state index contributed by atoms with van der Waals surface area (Å²) in [5, 5.41) is 6.35. The number of carbonyl (C=O) groups excluding carboxylic acids is 1. The SMILES string of the molecule is CCC(=O)N1CCC(NC(=NC)NCCS(=O)(=O)N2CCSCC2)C1. The molecule has 8 nitrogen and oxygen atoms in total. The number of guanidine groups is 1. The molecule has 0 aromatic heterocycles. The summed E-state index contributed by atoms with van der Waals surface area (Å²) in [5.74, 6) is 2.54. The Morgan fingerprint density at radius 1 is 1.28 bits per heavy atom. The van der Waals surface area contributed by atoms with Gasteiger partial charge in [0.1, 0.15) is 0 Å². The third-order valence-electron chi connectivity index (χ3n) is 4.42. The Labute approximate surface area is 154 Å². The lowest BCUT2D eigenvalue weighted by Gasteiger charge is -2.26. The molecule has 0 aromatic rings. The highest BCUT2D eigenvalue weighted by molar-refractivity contribution is 7.99. The topological polar surface area (TPSA) is 94.1 Å². The minimum Gasteiger partial charge on any atom is -0.355 e. The second kappa shape index (κ2) is 9.63. The standard InChI is InChI=1S/C15H29N5O3S2/c1-3-14(21)19-6-4-13(12-19)18-15(16-2)17-5-11-25(22,23)20-7-9-24-10-8-20/h13H,3-12H2,1-2H3,(H2,16,17,18). The van der Waals surface area contributed by atoms with Gasteiger partial charge in [0.15, 0.2) is 5.96 Å². The van der Waals surface area contributed by atoms with Crippen molar-refractivity contribution in [1.82, 2.24) is 19.8 Å². The monoisotopic (exact) mass is 391 g/mol. The molecule has 0 spiro atoms. The maximum Gasteiger partial charge on any atom is 0.222 e. The van der Waals surface area contributed by atoms with E-state index in [2.05, 4.69) is 15.6 Å². The Morgan fingerprint density at radius 3 is 2.64 bits per heavy atom. The third kappa shape index (κ3) is 6.03. The van der Waals surface area contributed by atoms with E-state index in [4.69, 9.17) is 0 Å². The van der Waals surface area contributed by atoms with Crippen molar-refractivity contribution in [2.24, 2.45) is 4.99 Å². The van der Waals surface area contributed by atoms with E-state index in [1.807, 2.05) is 11.8 Å². The second-order valence-corrected chi connectivity index (χ2v) is 9.46. The van der Waals surface area contributed by atoms with Crippen molar-refractivity contribution in [1.29, 1.82) is 0 Å². The largest absolute Gasteiger partial charge is 0.355 e. The van der Waals surface area contributed by atoms with Crippen LogP contribution in [0.5, 0.6) is 0 Å². The minimum absolute atomic E-state index is 0.0590. The first-order valence-electron chi connectivity index (χ1n) is 8.76. The van der Waals surface area contributed by atoms with Gasteiger partial charge in [-0.1, -0.05) is 6.92 Å². The lowest BCUT2D eigenvalue weighted by Crippen LogP contribution is -2.47. The smallest absolute Gasteiger partial charge is 0.222 e. The van der Waals surface area contributed by atoms with E-state index in [0.29, 0.717) is 38.6 Å². The molecule has 1 atom stereocenters. The van der Waals surface area contributed by atoms with Gasteiger partial charge >= 0.3 is 0 Å². The van der Waals surface area contributed by atoms with Gasteiger partial charge in [-0.25, -0.2) is 12.7 Å². The lowest BCUT2D eigenvalue weighted by molar-refractivity contribution is -0.129. The number of carbonyl (C=O) groups is 1. The number of likely N-dealkylation sites (tertiary alicyclic amines) is 1. The van der Waals surface area contributed by atoms with Crippen LogP contribution >= 0.6 is 11.8 Å². The molecule has 0 saturated carbocycles. The van der Waals surface area contributed by atoms with Crippen LogP contribution in [0, 0.1) is 0 Å². The number of nitrogens with one attached hydrogen (secondary N) is 2. The number of hydrogen-bond donors (Lipinski definition) is 2. The number of thioether (sulfide) groups is 1. The van der Waals surface area contributed by atoms with Crippen LogP contribution in [-0.2, 0) is 14.8 Å². The predicted molar refractivity (Wildman–Crippen MR) is 102 cm³/mol. The van der Waals surface area contributed by atoms with Gasteiger partial charge in [-0.3, -0.25) is 9.79 Å². The van der Waals surface area contributed by atoms with Gasteiger partial charge < -0.3 is 15.5 Å². The average molecular weight is 392 g/mol. The highest BCUT2D eigenvalue weighted by atomic mass is 32.2. The summed E-state index contributed by atoms with van der Waals surface area (Å²) in [6.45, 7) is 4.80. The first kappa shape index (κ1) is 20.3. The number of rotatable bonds is 6. The summed E-state index contributed by atoms with van der Waals surface area (Å²) >= 11 is 1.79. The Morgan fingerprint density at radius 2 is 2.00 bits per heavy atom. The lowest BCUT2D eigenvalue weighted by atomic mass is 10.3. The van der Waals surface area contributed by atoms with Crippen molar-refractivity contribution in [3.63, 3.8) is 0 Å². The van der Waals surface area contributed by atoms with Crippen molar-refractivity contribution in [2.45, 2.75) is 25.8 Å². The fourth-order valence-corrected chi connectivity index (χ4v) is 5.46. The molecule has 2 N–H and O–H groups in total. The van der Waals surface area contributed by atoms with E-state index in [1.54, 1.807) is 23.1 Å². The molecule has 0 radical (unpaired) electrons. The molecule has 2 heterocycles. The maximum atomic E-state index is 12.3. The zero-order valence-corrected chi connectivity index (χ0v) is 16.7. The molecule has 25 heavy (non-hydrogen) atoms. The van der Waals surface area contributed by atoms with Gasteiger partial charge in [0.2, 0.25) is 15.9 Å². The van der Waals surface area contributed by atoms with Crippen LogP contribution in [-0.4, -0.2) is 92.6 Å². The van der Waals surface area contributed by atoms with E-state index >= 15 is 0 Å². The minimum atomic E-state index is -3.22.